The van der Waals surface area contributed by atoms with Crippen LogP contribution in [0.3, 0.4) is 0 Å². The second kappa shape index (κ2) is 5.34. The summed E-state index contributed by atoms with van der Waals surface area (Å²) < 4.78 is 25.4. The first-order valence-corrected chi connectivity index (χ1v) is 7.44. The van der Waals surface area contributed by atoms with Crippen LogP contribution in [-0.2, 0) is 4.74 Å². The summed E-state index contributed by atoms with van der Waals surface area (Å²) in [6.45, 7) is 2.62. The summed E-state index contributed by atoms with van der Waals surface area (Å²) in [4.78, 5) is 0. The van der Waals surface area contributed by atoms with Crippen LogP contribution >= 0.6 is 0 Å². The van der Waals surface area contributed by atoms with Gasteiger partial charge in [0, 0.05) is 30.5 Å². The minimum atomic E-state index is -0.283. The van der Waals surface area contributed by atoms with Crippen molar-refractivity contribution in [1.82, 2.24) is 0 Å². The van der Waals surface area contributed by atoms with Crippen LogP contribution in [0, 0.1) is 5.82 Å². The van der Waals surface area contributed by atoms with Gasteiger partial charge in [0.15, 0.2) is 0 Å². The summed E-state index contributed by atoms with van der Waals surface area (Å²) in [6, 6.07) is 4.43. The molecule has 20 heavy (non-hydrogen) atoms. The molecule has 0 radical (unpaired) electrons. The first kappa shape index (κ1) is 13.8. The monoisotopic (exact) mass is 279 g/mol. The molecule has 2 atom stereocenters. The van der Waals surface area contributed by atoms with Crippen molar-refractivity contribution in [3.63, 3.8) is 0 Å². The van der Waals surface area contributed by atoms with E-state index in [1.807, 2.05) is 6.92 Å². The minimum absolute atomic E-state index is 0.0325. The highest BCUT2D eigenvalue weighted by molar-refractivity contribution is 5.36. The molecule has 0 amide bonds. The first-order chi connectivity index (χ1) is 9.58. The molecule has 1 aliphatic heterocycles. The second-order valence-corrected chi connectivity index (χ2v) is 6.09. The van der Waals surface area contributed by atoms with E-state index in [4.69, 9.17) is 15.2 Å². The van der Waals surface area contributed by atoms with Gasteiger partial charge in [-0.05, 0) is 32.3 Å². The Morgan fingerprint density at radius 3 is 2.90 bits per heavy atom. The van der Waals surface area contributed by atoms with Gasteiger partial charge in [0.25, 0.3) is 0 Å². The van der Waals surface area contributed by atoms with E-state index in [1.54, 1.807) is 6.07 Å². The molecule has 2 fully saturated rings. The predicted molar refractivity (Wildman–Crippen MR) is 75.2 cm³/mol. The molecule has 3 rings (SSSR count). The molecular formula is C16H22FNO2. The van der Waals surface area contributed by atoms with E-state index in [0.29, 0.717) is 5.75 Å². The summed E-state index contributed by atoms with van der Waals surface area (Å²) in [5, 5.41) is 0. The Bertz CT molecular complexity index is 485. The van der Waals surface area contributed by atoms with Gasteiger partial charge >= 0.3 is 0 Å². The lowest BCUT2D eigenvalue weighted by Gasteiger charge is -2.47. The second-order valence-electron chi connectivity index (χ2n) is 6.09. The van der Waals surface area contributed by atoms with Crippen LogP contribution in [0.15, 0.2) is 18.2 Å². The maximum Gasteiger partial charge on any atom is 0.127 e. The third-order valence-corrected chi connectivity index (χ3v) is 4.47. The number of benzene rings is 1. The summed E-state index contributed by atoms with van der Waals surface area (Å²) >= 11 is 0. The average Bonchev–Trinajstić information content (AvgIpc) is 2.37. The molecule has 1 spiro atoms. The fourth-order valence-corrected chi connectivity index (χ4v) is 3.17. The van der Waals surface area contributed by atoms with Gasteiger partial charge in [-0.15, -0.1) is 0 Å². The Morgan fingerprint density at radius 1 is 1.45 bits per heavy atom. The number of hydrogen-bond acceptors (Lipinski definition) is 3. The molecule has 0 bridgehead atoms. The number of hydrogen-bond donors (Lipinski definition) is 1. The molecule has 1 aliphatic carbocycles. The van der Waals surface area contributed by atoms with Crippen molar-refractivity contribution < 1.29 is 13.9 Å². The molecule has 2 unspecified atom stereocenters. The van der Waals surface area contributed by atoms with Crippen LogP contribution in [0.2, 0.25) is 0 Å². The largest absolute Gasteiger partial charge is 0.490 e. The Kier molecular flexibility index (Phi) is 3.69. The Hall–Kier alpha value is -1.13. The summed E-state index contributed by atoms with van der Waals surface area (Å²) in [6.07, 6.45) is 5.34. The Labute approximate surface area is 119 Å². The van der Waals surface area contributed by atoms with E-state index < -0.39 is 0 Å². The van der Waals surface area contributed by atoms with Crippen LogP contribution in [0.1, 0.15) is 50.6 Å². The molecule has 2 aliphatic rings. The summed E-state index contributed by atoms with van der Waals surface area (Å²) in [7, 11) is 0. The van der Waals surface area contributed by atoms with Crippen LogP contribution in [0.25, 0.3) is 0 Å². The van der Waals surface area contributed by atoms with Crippen molar-refractivity contribution in [1.29, 1.82) is 0 Å². The van der Waals surface area contributed by atoms with Crippen molar-refractivity contribution in [2.45, 2.75) is 56.8 Å². The van der Waals surface area contributed by atoms with Crippen molar-refractivity contribution in [2.24, 2.45) is 5.73 Å². The van der Waals surface area contributed by atoms with E-state index in [0.717, 1.165) is 37.9 Å². The molecule has 110 valence electrons. The molecular weight excluding hydrogens is 257 g/mol. The maximum absolute atomic E-state index is 13.4. The number of halogens is 1. The summed E-state index contributed by atoms with van der Waals surface area (Å²) in [5.74, 6) is 0.302. The SMILES string of the molecule is CC(N)c1ccc(F)cc1OC1CCOC2(CCC2)C1. The molecule has 1 saturated carbocycles. The van der Waals surface area contributed by atoms with Gasteiger partial charge in [0.05, 0.1) is 12.2 Å². The third kappa shape index (κ3) is 2.67. The van der Waals surface area contributed by atoms with E-state index in [2.05, 4.69) is 0 Å². The van der Waals surface area contributed by atoms with Crippen molar-refractivity contribution >= 4 is 0 Å². The molecule has 1 saturated heterocycles. The summed E-state index contributed by atoms with van der Waals surface area (Å²) in [5.41, 5.74) is 6.83. The highest BCUT2D eigenvalue weighted by Gasteiger charge is 2.43. The lowest BCUT2D eigenvalue weighted by atomic mass is 9.74. The zero-order chi connectivity index (χ0) is 14.2. The molecule has 3 nitrogen and oxygen atoms in total. The maximum atomic E-state index is 13.4. The molecule has 1 aromatic carbocycles. The van der Waals surface area contributed by atoms with Crippen LogP contribution in [-0.4, -0.2) is 18.3 Å². The number of nitrogens with two attached hydrogens (primary N) is 1. The van der Waals surface area contributed by atoms with Gasteiger partial charge in [0.2, 0.25) is 0 Å². The molecule has 1 heterocycles. The van der Waals surface area contributed by atoms with Crippen LogP contribution in [0.5, 0.6) is 5.75 Å². The quantitative estimate of drug-likeness (QED) is 0.923. The highest BCUT2D eigenvalue weighted by Crippen LogP contribution is 2.43. The lowest BCUT2D eigenvalue weighted by Crippen LogP contribution is -2.48. The minimum Gasteiger partial charge on any atom is -0.490 e. The van der Waals surface area contributed by atoms with Crippen LogP contribution in [0.4, 0.5) is 4.39 Å². The standard InChI is InChI=1S/C16H22FNO2/c1-11(18)14-4-3-12(17)9-15(14)20-13-5-8-19-16(10-13)6-2-7-16/h3-4,9,11,13H,2,5-8,10,18H2,1H3. The van der Waals surface area contributed by atoms with Gasteiger partial charge < -0.3 is 15.2 Å². The van der Waals surface area contributed by atoms with Crippen molar-refractivity contribution in [3.05, 3.63) is 29.6 Å². The fourth-order valence-electron chi connectivity index (χ4n) is 3.17. The van der Waals surface area contributed by atoms with Gasteiger partial charge in [0.1, 0.15) is 17.7 Å². The highest BCUT2D eigenvalue weighted by atomic mass is 19.1. The van der Waals surface area contributed by atoms with Gasteiger partial charge in [-0.2, -0.15) is 0 Å². The smallest absolute Gasteiger partial charge is 0.127 e. The Balaban J connectivity index is 1.75. The number of rotatable bonds is 3. The van der Waals surface area contributed by atoms with E-state index in [-0.39, 0.29) is 23.6 Å². The Morgan fingerprint density at radius 2 is 2.25 bits per heavy atom. The van der Waals surface area contributed by atoms with E-state index in [9.17, 15) is 4.39 Å². The van der Waals surface area contributed by atoms with Crippen molar-refractivity contribution in [2.75, 3.05) is 6.61 Å². The van der Waals surface area contributed by atoms with Crippen LogP contribution < -0.4 is 10.5 Å². The molecule has 1 aromatic rings. The van der Waals surface area contributed by atoms with Gasteiger partial charge in [-0.1, -0.05) is 6.07 Å². The molecule has 4 heteroatoms. The average molecular weight is 279 g/mol. The predicted octanol–water partition coefficient (Wildman–Crippen LogP) is 3.33. The molecule has 0 aromatic heterocycles. The molecule has 2 N–H and O–H groups in total. The first-order valence-electron chi connectivity index (χ1n) is 7.44. The topological polar surface area (TPSA) is 44.5 Å². The van der Waals surface area contributed by atoms with Gasteiger partial charge in [-0.3, -0.25) is 0 Å². The van der Waals surface area contributed by atoms with E-state index in [1.165, 1.54) is 18.6 Å². The van der Waals surface area contributed by atoms with Gasteiger partial charge in [-0.25, -0.2) is 4.39 Å². The fraction of sp³-hybridized carbons (Fsp3) is 0.625. The zero-order valence-electron chi connectivity index (χ0n) is 11.9. The van der Waals surface area contributed by atoms with Crippen molar-refractivity contribution in [3.8, 4) is 5.75 Å². The normalized spacial score (nSPS) is 26.1. The zero-order valence-corrected chi connectivity index (χ0v) is 11.9. The third-order valence-electron chi connectivity index (χ3n) is 4.47. The lowest BCUT2D eigenvalue weighted by molar-refractivity contribution is -0.153. The number of ether oxygens (including phenoxy) is 2. The van der Waals surface area contributed by atoms with E-state index >= 15 is 0 Å².